The molecule has 1 saturated carbocycles. The van der Waals surface area contributed by atoms with Gasteiger partial charge in [-0.05, 0) is 26.2 Å². The molecule has 3 atom stereocenters. The fourth-order valence-corrected chi connectivity index (χ4v) is 3.52. The first-order valence-corrected chi connectivity index (χ1v) is 8.95. The highest BCUT2D eigenvalue weighted by Gasteiger charge is 2.50. The molecule has 0 radical (unpaired) electrons. The summed E-state index contributed by atoms with van der Waals surface area (Å²) < 4.78 is 11.4. The SMILES string of the molecule is CC1C(=O)NC2(CCCC2)C(=O)N1CCC(C)S(C)=O. The van der Waals surface area contributed by atoms with E-state index >= 15 is 0 Å². The monoisotopic (exact) mass is 300 g/mol. The van der Waals surface area contributed by atoms with E-state index in [-0.39, 0.29) is 17.1 Å². The third kappa shape index (κ3) is 2.75. The van der Waals surface area contributed by atoms with Crippen LogP contribution in [0.2, 0.25) is 0 Å². The highest BCUT2D eigenvalue weighted by molar-refractivity contribution is 7.84. The van der Waals surface area contributed by atoms with Crippen LogP contribution in [0.25, 0.3) is 0 Å². The number of carbonyl (C=O) groups excluding carboxylic acids is 2. The minimum Gasteiger partial charge on any atom is -0.340 e. The Hall–Kier alpha value is -0.910. The molecule has 5 nitrogen and oxygen atoms in total. The summed E-state index contributed by atoms with van der Waals surface area (Å²) in [6.07, 6.45) is 5.82. The van der Waals surface area contributed by atoms with Crippen molar-refractivity contribution in [3.8, 4) is 0 Å². The van der Waals surface area contributed by atoms with Gasteiger partial charge in [0.2, 0.25) is 11.8 Å². The second kappa shape index (κ2) is 5.84. The Morgan fingerprint density at radius 3 is 2.55 bits per heavy atom. The number of amides is 2. The van der Waals surface area contributed by atoms with Crippen LogP contribution in [0.4, 0.5) is 0 Å². The first-order valence-electron chi connectivity index (χ1n) is 7.33. The van der Waals surface area contributed by atoms with Gasteiger partial charge in [-0.25, -0.2) is 0 Å². The summed E-state index contributed by atoms with van der Waals surface area (Å²) in [6.45, 7) is 4.19. The van der Waals surface area contributed by atoms with Crippen LogP contribution >= 0.6 is 0 Å². The predicted octanol–water partition coefficient (Wildman–Crippen LogP) is 0.803. The molecule has 1 saturated heterocycles. The second-order valence-corrected chi connectivity index (χ2v) is 7.85. The summed E-state index contributed by atoms with van der Waals surface area (Å²) >= 11 is 0. The first kappa shape index (κ1) is 15.5. The molecule has 1 heterocycles. The van der Waals surface area contributed by atoms with Crippen molar-refractivity contribution in [3.05, 3.63) is 0 Å². The van der Waals surface area contributed by atoms with Crippen LogP contribution in [-0.4, -0.2) is 50.6 Å². The normalized spacial score (nSPS) is 28.6. The first-order chi connectivity index (χ1) is 9.37. The lowest BCUT2D eigenvalue weighted by Gasteiger charge is -2.43. The third-order valence-electron chi connectivity index (χ3n) is 4.68. The Morgan fingerprint density at radius 2 is 2.00 bits per heavy atom. The summed E-state index contributed by atoms with van der Waals surface area (Å²) in [5.41, 5.74) is -0.655. The van der Waals surface area contributed by atoms with Crippen LogP contribution in [-0.2, 0) is 20.4 Å². The average Bonchev–Trinajstić information content (AvgIpc) is 2.85. The molecule has 1 aliphatic heterocycles. The molecule has 2 rings (SSSR count). The van der Waals surface area contributed by atoms with Gasteiger partial charge in [-0.3, -0.25) is 13.8 Å². The van der Waals surface area contributed by atoms with Crippen molar-refractivity contribution in [1.82, 2.24) is 10.2 Å². The topological polar surface area (TPSA) is 66.5 Å². The van der Waals surface area contributed by atoms with Gasteiger partial charge in [0.15, 0.2) is 0 Å². The van der Waals surface area contributed by atoms with Crippen molar-refractivity contribution < 1.29 is 13.8 Å². The lowest BCUT2D eigenvalue weighted by molar-refractivity contribution is -0.154. The fourth-order valence-electron chi connectivity index (χ4n) is 3.09. The number of hydrogen-bond acceptors (Lipinski definition) is 3. The van der Waals surface area contributed by atoms with E-state index in [1.54, 1.807) is 18.1 Å². The van der Waals surface area contributed by atoms with Gasteiger partial charge in [0.25, 0.3) is 0 Å². The zero-order chi connectivity index (χ0) is 14.9. The van der Waals surface area contributed by atoms with Gasteiger partial charge < -0.3 is 10.2 Å². The van der Waals surface area contributed by atoms with E-state index in [9.17, 15) is 13.8 Å². The molecule has 1 aliphatic carbocycles. The van der Waals surface area contributed by atoms with E-state index in [0.717, 1.165) is 25.7 Å². The summed E-state index contributed by atoms with van der Waals surface area (Å²) in [4.78, 5) is 26.5. The van der Waals surface area contributed by atoms with Gasteiger partial charge in [0.05, 0.1) is 0 Å². The Balaban J connectivity index is 2.10. The molecule has 20 heavy (non-hydrogen) atoms. The molecule has 2 fully saturated rings. The van der Waals surface area contributed by atoms with Crippen LogP contribution in [0, 0.1) is 0 Å². The number of piperazine rings is 1. The molecule has 3 unspecified atom stereocenters. The minimum absolute atomic E-state index is 0.0412. The summed E-state index contributed by atoms with van der Waals surface area (Å²) in [6, 6.07) is -0.425. The summed E-state index contributed by atoms with van der Waals surface area (Å²) in [5.74, 6) is -0.00652. The second-order valence-electron chi connectivity index (χ2n) is 6.05. The molecule has 114 valence electrons. The minimum atomic E-state index is -0.895. The lowest BCUT2D eigenvalue weighted by Crippen LogP contribution is -2.68. The quantitative estimate of drug-likeness (QED) is 0.835. The largest absolute Gasteiger partial charge is 0.340 e. The number of carbonyl (C=O) groups is 2. The maximum absolute atomic E-state index is 12.7. The fraction of sp³-hybridized carbons (Fsp3) is 0.857. The summed E-state index contributed by atoms with van der Waals surface area (Å²) in [7, 11) is -0.895. The molecular weight excluding hydrogens is 276 g/mol. The highest BCUT2D eigenvalue weighted by atomic mass is 32.2. The number of hydrogen-bond donors (Lipinski definition) is 1. The van der Waals surface area contributed by atoms with Crippen molar-refractivity contribution in [2.24, 2.45) is 0 Å². The van der Waals surface area contributed by atoms with Crippen LogP contribution in [0.3, 0.4) is 0 Å². The molecule has 0 aromatic heterocycles. The Kier molecular flexibility index (Phi) is 4.52. The van der Waals surface area contributed by atoms with E-state index in [4.69, 9.17) is 0 Å². The maximum Gasteiger partial charge on any atom is 0.248 e. The third-order valence-corrected chi connectivity index (χ3v) is 6.05. The lowest BCUT2D eigenvalue weighted by atomic mass is 9.91. The van der Waals surface area contributed by atoms with E-state index in [1.807, 2.05) is 6.92 Å². The van der Waals surface area contributed by atoms with Crippen LogP contribution in [0.1, 0.15) is 46.0 Å². The summed E-state index contributed by atoms with van der Waals surface area (Å²) in [5, 5.41) is 2.98. The van der Waals surface area contributed by atoms with E-state index in [0.29, 0.717) is 13.0 Å². The predicted molar refractivity (Wildman–Crippen MR) is 78.7 cm³/mol. The van der Waals surface area contributed by atoms with Gasteiger partial charge in [-0.2, -0.15) is 0 Å². The molecule has 0 aromatic rings. The molecule has 0 aromatic carbocycles. The smallest absolute Gasteiger partial charge is 0.248 e. The van der Waals surface area contributed by atoms with Crippen LogP contribution < -0.4 is 5.32 Å². The van der Waals surface area contributed by atoms with Gasteiger partial charge in [0, 0.05) is 28.9 Å². The molecule has 1 N–H and O–H groups in total. The Morgan fingerprint density at radius 1 is 1.40 bits per heavy atom. The molecule has 2 aliphatic rings. The van der Waals surface area contributed by atoms with E-state index < -0.39 is 22.4 Å². The van der Waals surface area contributed by atoms with Crippen LogP contribution in [0.15, 0.2) is 0 Å². The Labute approximate surface area is 122 Å². The highest BCUT2D eigenvalue weighted by Crippen LogP contribution is 2.34. The van der Waals surface area contributed by atoms with Crippen LogP contribution in [0.5, 0.6) is 0 Å². The Bertz CT molecular complexity index is 432. The van der Waals surface area contributed by atoms with Gasteiger partial charge in [0.1, 0.15) is 11.6 Å². The maximum atomic E-state index is 12.7. The molecule has 2 amide bonds. The van der Waals surface area contributed by atoms with Crippen molar-refractivity contribution in [3.63, 3.8) is 0 Å². The zero-order valence-electron chi connectivity index (χ0n) is 12.5. The van der Waals surface area contributed by atoms with E-state index in [2.05, 4.69) is 5.32 Å². The van der Waals surface area contributed by atoms with Gasteiger partial charge in [-0.15, -0.1) is 0 Å². The van der Waals surface area contributed by atoms with Crippen molar-refractivity contribution in [1.29, 1.82) is 0 Å². The molecular formula is C14H24N2O3S. The average molecular weight is 300 g/mol. The molecule has 1 spiro atoms. The standard InChI is InChI=1S/C14H24N2O3S/c1-10(20(3)19)6-9-16-11(2)12(17)15-14(13(16)18)7-4-5-8-14/h10-11H,4-9H2,1-3H3,(H,15,17). The van der Waals surface area contributed by atoms with Gasteiger partial charge >= 0.3 is 0 Å². The number of rotatable bonds is 4. The van der Waals surface area contributed by atoms with E-state index in [1.165, 1.54) is 0 Å². The zero-order valence-corrected chi connectivity index (χ0v) is 13.3. The molecule has 6 heteroatoms. The van der Waals surface area contributed by atoms with Gasteiger partial charge in [-0.1, -0.05) is 19.8 Å². The van der Waals surface area contributed by atoms with Crippen molar-refractivity contribution >= 4 is 22.6 Å². The number of nitrogens with one attached hydrogen (secondary N) is 1. The van der Waals surface area contributed by atoms with Crippen molar-refractivity contribution in [2.75, 3.05) is 12.8 Å². The number of nitrogens with zero attached hydrogens (tertiary/aromatic N) is 1. The van der Waals surface area contributed by atoms with Crippen molar-refractivity contribution in [2.45, 2.75) is 62.8 Å². The molecule has 0 bridgehead atoms.